The maximum Gasteiger partial charge on any atom is 0.410 e. The highest BCUT2D eigenvalue weighted by atomic mass is 16.6. The van der Waals surface area contributed by atoms with Crippen molar-refractivity contribution in [1.29, 1.82) is 0 Å². The van der Waals surface area contributed by atoms with E-state index in [1.165, 1.54) is 19.3 Å². The first kappa shape index (κ1) is 13.3. The van der Waals surface area contributed by atoms with Gasteiger partial charge < -0.3 is 14.7 Å². The molecule has 0 aliphatic carbocycles. The number of aliphatic hydroxyl groups is 1. The van der Waals surface area contributed by atoms with Gasteiger partial charge in [0, 0.05) is 13.0 Å². The second kappa shape index (κ2) is 7.49. The summed E-state index contributed by atoms with van der Waals surface area (Å²) in [4.78, 5) is 13.2. The van der Waals surface area contributed by atoms with E-state index >= 15 is 0 Å². The van der Waals surface area contributed by atoms with Gasteiger partial charge in [-0.1, -0.05) is 32.6 Å². The Bertz CT molecular complexity index is 208. The Morgan fingerprint density at radius 1 is 1.38 bits per heavy atom. The number of rotatable bonds is 7. The van der Waals surface area contributed by atoms with Crippen LogP contribution in [0.1, 0.15) is 45.4 Å². The average Bonchev–Trinajstić information content (AvgIpc) is 2.30. The number of carbonyl (C=O) groups excluding carboxylic acids is 1. The predicted octanol–water partition coefficient (Wildman–Crippen LogP) is 2.16. The first-order chi connectivity index (χ1) is 7.79. The summed E-state index contributed by atoms with van der Waals surface area (Å²) in [5.74, 6) is 0. The maximum absolute atomic E-state index is 11.5. The molecule has 1 atom stereocenters. The van der Waals surface area contributed by atoms with Gasteiger partial charge in [0.2, 0.25) is 0 Å². The minimum Gasteiger partial charge on any atom is -0.449 e. The fourth-order valence-electron chi connectivity index (χ4n) is 2.02. The molecule has 1 aliphatic heterocycles. The molecule has 1 saturated heterocycles. The van der Waals surface area contributed by atoms with Crippen molar-refractivity contribution in [1.82, 2.24) is 4.90 Å². The highest BCUT2D eigenvalue weighted by Crippen LogP contribution is 2.14. The van der Waals surface area contributed by atoms with E-state index in [0.717, 1.165) is 19.3 Å². The third-order valence-corrected chi connectivity index (χ3v) is 3.07. The molecular weight excluding hydrogens is 206 g/mol. The predicted molar refractivity (Wildman–Crippen MR) is 62.3 cm³/mol. The van der Waals surface area contributed by atoms with Gasteiger partial charge in [0.15, 0.2) is 0 Å². The van der Waals surface area contributed by atoms with Gasteiger partial charge in [-0.3, -0.25) is 0 Å². The summed E-state index contributed by atoms with van der Waals surface area (Å²) in [6.07, 6.45) is 6.35. The van der Waals surface area contributed by atoms with Gasteiger partial charge in [0.25, 0.3) is 0 Å². The van der Waals surface area contributed by atoms with Crippen molar-refractivity contribution in [2.45, 2.75) is 51.5 Å². The zero-order valence-electron chi connectivity index (χ0n) is 10.2. The minimum atomic E-state index is -0.263. The summed E-state index contributed by atoms with van der Waals surface area (Å²) in [5.41, 5.74) is 0. The summed E-state index contributed by atoms with van der Waals surface area (Å²) < 4.78 is 4.98. The van der Waals surface area contributed by atoms with E-state index in [9.17, 15) is 9.90 Å². The number of cyclic esters (lactones) is 1. The van der Waals surface area contributed by atoms with Crippen LogP contribution in [0, 0.1) is 0 Å². The molecule has 1 unspecified atom stereocenters. The van der Waals surface area contributed by atoms with Gasteiger partial charge in [-0.05, 0) is 6.42 Å². The van der Waals surface area contributed by atoms with E-state index in [1.807, 2.05) is 0 Å². The molecule has 16 heavy (non-hydrogen) atoms. The van der Waals surface area contributed by atoms with Crippen LogP contribution < -0.4 is 0 Å². The number of aliphatic hydroxyl groups excluding tert-OH is 1. The molecule has 1 N–H and O–H groups in total. The summed E-state index contributed by atoms with van der Waals surface area (Å²) >= 11 is 0. The smallest absolute Gasteiger partial charge is 0.410 e. The zero-order valence-corrected chi connectivity index (χ0v) is 10.2. The average molecular weight is 229 g/mol. The van der Waals surface area contributed by atoms with Gasteiger partial charge in [0.1, 0.15) is 0 Å². The highest BCUT2D eigenvalue weighted by Gasteiger charge is 2.28. The van der Waals surface area contributed by atoms with Crippen molar-refractivity contribution in [3.05, 3.63) is 0 Å². The minimum absolute atomic E-state index is 0.0348. The Kier molecular flexibility index (Phi) is 6.23. The summed E-state index contributed by atoms with van der Waals surface area (Å²) in [6.45, 7) is 3.39. The van der Waals surface area contributed by atoms with Crippen LogP contribution in [0.5, 0.6) is 0 Å². The highest BCUT2D eigenvalue weighted by molar-refractivity contribution is 5.68. The van der Waals surface area contributed by atoms with Crippen molar-refractivity contribution in [2.24, 2.45) is 0 Å². The Morgan fingerprint density at radius 2 is 2.12 bits per heavy atom. The molecule has 0 bridgehead atoms. The molecular formula is C12H23NO3. The van der Waals surface area contributed by atoms with Crippen LogP contribution in [0.15, 0.2) is 0 Å². The van der Waals surface area contributed by atoms with Crippen LogP contribution >= 0.6 is 0 Å². The standard InChI is InChI=1S/C12H23NO3/c1-2-3-4-5-6-8-13-11(10-14)7-9-16-12(13)15/h11,14H,2-10H2,1H3. The SMILES string of the molecule is CCCCCCCN1C(=O)OCCC1CO. The number of unbranched alkanes of at least 4 members (excludes halogenated alkanes) is 4. The van der Waals surface area contributed by atoms with Gasteiger partial charge in [-0.25, -0.2) is 4.79 Å². The Balaban J connectivity index is 2.23. The molecule has 0 radical (unpaired) electrons. The van der Waals surface area contributed by atoms with Crippen LogP contribution in [0.3, 0.4) is 0 Å². The first-order valence-electron chi connectivity index (χ1n) is 6.33. The Labute approximate surface area is 97.6 Å². The number of nitrogens with zero attached hydrogens (tertiary/aromatic N) is 1. The number of amides is 1. The maximum atomic E-state index is 11.5. The molecule has 1 rings (SSSR count). The fraction of sp³-hybridized carbons (Fsp3) is 0.917. The van der Waals surface area contributed by atoms with Crippen molar-refractivity contribution < 1.29 is 14.6 Å². The van der Waals surface area contributed by atoms with E-state index in [0.29, 0.717) is 13.2 Å². The number of hydrogen-bond donors (Lipinski definition) is 1. The molecule has 1 amide bonds. The Hall–Kier alpha value is -0.770. The molecule has 0 spiro atoms. The van der Waals surface area contributed by atoms with Gasteiger partial charge in [0.05, 0.1) is 19.3 Å². The molecule has 1 aliphatic rings. The lowest BCUT2D eigenvalue weighted by Gasteiger charge is -2.33. The quantitative estimate of drug-likeness (QED) is 0.681. The van der Waals surface area contributed by atoms with E-state index in [-0.39, 0.29) is 18.7 Å². The van der Waals surface area contributed by atoms with E-state index in [1.54, 1.807) is 4.90 Å². The van der Waals surface area contributed by atoms with Gasteiger partial charge in [-0.2, -0.15) is 0 Å². The lowest BCUT2D eigenvalue weighted by molar-refractivity contribution is 0.0245. The second-order valence-corrected chi connectivity index (χ2v) is 4.35. The van der Waals surface area contributed by atoms with E-state index < -0.39 is 0 Å². The first-order valence-corrected chi connectivity index (χ1v) is 6.33. The summed E-state index contributed by atoms with van der Waals surface area (Å²) in [5, 5.41) is 9.17. The van der Waals surface area contributed by atoms with Crippen molar-refractivity contribution in [3.63, 3.8) is 0 Å². The monoisotopic (exact) mass is 229 g/mol. The zero-order chi connectivity index (χ0) is 11.8. The molecule has 0 aromatic rings. The molecule has 0 aromatic heterocycles. The van der Waals surface area contributed by atoms with Crippen LogP contribution in [0.2, 0.25) is 0 Å². The van der Waals surface area contributed by atoms with Crippen LogP contribution in [-0.2, 0) is 4.74 Å². The Morgan fingerprint density at radius 3 is 2.81 bits per heavy atom. The molecule has 1 heterocycles. The lowest BCUT2D eigenvalue weighted by atomic mass is 10.1. The van der Waals surface area contributed by atoms with Gasteiger partial charge in [-0.15, -0.1) is 0 Å². The van der Waals surface area contributed by atoms with Gasteiger partial charge >= 0.3 is 6.09 Å². The third kappa shape index (κ3) is 4.00. The second-order valence-electron chi connectivity index (χ2n) is 4.35. The molecule has 94 valence electrons. The lowest BCUT2D eigenvalue weighted by Crippen LogP contribution is -2.47. The number of hydrogen-bond acceptors (Lipinski definition) is 3. The third-order valence-electron chi connectivity index (χ3n) is 3.07. The largest absolute Gasteiger partial charge is 0.449 e. The molecule has 0 aromatic carbocycles. The summed E-state index contributed by atoms with van der Waals surface area (Å²) in [7, 11) is 0. The van der Waals surface area contributed by atoms with Crippen LogP contribution in [-0.4, -0.2) is 41.9 Å². The van der Waals surface area contributed by atoms with Crippen LogP contribution in [0.25, 0.3) is 0 Å². The molecule has 1 fully saturated rings. The number of carbonyl (C=O) groups is 1. The van der Waals surface area contributed by atoms with Crippen molar-refractivity contribution in [3.8, 4) is 0 Å². The van der Waals surface area contributed by atoms with Crippen molar-refractivity contribution in [2.75, 3.05) is 19.8 Å². The summed E-state index contributed by atoms with van der Waals surface area (Å²) in [6, 6.07) is -0.0348. The van der Waals surface area contributed by atoms with E-state index in [4.69, 9.17) is 4.74 Å². The normalized spacial score (nSPS) is 21.0. The van der Waals surface area contributed by atoms with E-state index in [2.05, 4.69) is 6.92 Å². The van der Waals surface area contributed by atoms with Crippen LogP contribution in [0.4, 0.5) is 4.79 Å². The molecule has 4 heteroatoms. The fourth-order valence-corrected chi connectivity index (χ4v) is 2.02. The van der Waals surface area contributed by atoms with Crippen molar-refractivity contribution >= 4 is 6.09 Å². The molecule has 0 saturated carbocycles. The topological polar surface area (TPSA) is 49.8 Å². The molecule has 4 nitrogen and oxygen atoms in total. The number of ether oxygens (including phenoxy) is 1.